The van der Waals surface area contributed by atoms with Gasteiger partial charge in [-0.15, -0.1) is 0 Å². The topological polar surface area (TPSA) is 84.7 Å². The fourth-order valence-electron chi connectivity index (χ4n) is 5.25. The molecule has 230 valence electrons. The number of carbonyl (C=O) groups is 2. The number of urea groups is 1. The van der Waals surface area contributed by atoms with E-state index in [1.807, 2.05) is 30.3 Å². The Hall–Kier alpha value is -3.13. The molecule has 7 nitrogen and oxygen atoms in total. The summed E-state index contributed by atoms with van der Waals surface area (Å²) >= 11 is 1.44. The second-order valence-corrected chi connectivity index (χ2v) is 13.6. The minimum atomic E-state index is -0.330. The molecule has 1 unspecified atom stereocenters. The maximum atomic E-state index is 12.8. The summed E-state index contributed by atoms with van der Waals surface area (Å²) in [7, 11) is 0. The van der Waals surface area contributed by atoms with Gasteiger partial charge in [0, 0.05) is 19.5 Å². The lowest BCUT2D eigenvalue weighted by Gasteiger charge is -2.23. The van der Waals surface area contributed by atoms with Gasteiger partial charge in [-0.1, -0.05) is 108 Å². The van der Waals surface area contributed by atoms with Crippen LogP contribution >= 0.6 is 11.3 Å². The summed E-state index contributed by atoms with van der Waals surface area (Å²) in [6.07, 6.45) is 9.04. The fourth-order valence-corrected chi connectivity index (χ4v) is 6.30. The standard InChI is InChI=1S/C34H50N4O3S/c1-7-8-9-10-11-15-19-35-32(40)37-33-38(24-27-16-13-12-14-17-27)29-22-30(28(36-26(3)39)21-31(29)42-33)41-20-18-25(2)23-34(4,5)6/h12-14,16-17,21-22,25H,7-11,15,18-20,23-24H2,1-6H3,(H,35,40)(H,36,39)/b37-33-. The Morgan fingerprint density at radius 1 is 1.05 bits per heavy atom. The summed E-state index contributed by atoms with van der Waals surface area (Å²) in [5.41, 5.74) is 2.92. The number of hydrogen-bond donors (Lipinski definition) is 2. The SMILES string of the molecule is CCCCCCCCNC(=O)/N=c1\sc2cc(NC(C)=O)c(OCCC(C)CC(C)(C)C)cc2n1Cc1ccccc1. The number of nitrogens with zero attached hydrogens (tertiary/aromatic N) is 2. The van der Waals surface area contributed by atoms with Gasteiger partial charge < -0.3 is 19.9 Å². The second kappa shape index (κ2) is 16.5. The molecule has 42 heavy (non-hydrogen) atoms. The number of anilines is 1. The first kappa shape index (κ1) is 33.4. The average molecular weight is 595 g/mol. The quantitative estimate of drug-likeness (QED) is 0.173. The molecule has 0 radical (unpaired) electrons. The molecule has 0 bridgehead atoms. The van der Waals surface area contributed by atoms with Crippen molar-refractivity contribution in [3.8, 4) is 5.75 Å². The second-order valence-electron chi connectivity index (χ2n) is 12.6. The van der Waals surface area contributed by atoms with Crippen molar-refractivity contribution in [3.05, 3.63) is 52.8 Å². The van der Waals surface area contributed by atoms with E-state index in [4.69, 9.17) is 4.74 Å². The van der Waals surface area contributed by atoms with Gasteiger partial charge in [0.2, 0.25) is 5.91 Å². The molecule has 2 N–H and O–H groups in total. The van der Waals surface area contributed by atoms with Gasteiger partial charge in [-0.3, -0.25) is 4.79 Å². The molecule has 3 aromatic rings. The fraction of sp³-hybridized carbons (Fsp3) is 0.559. The van der Waals surface area contributed by atoms with Crippen molar-refractivity contribution in [2.75, 3.05) is 18.5 Å². The van der Waals surface area contributed by atoms with Crippen LogP contribution in [0.4, 0.5) is 10.5 Å². The van der Waals surface area contributed by atoms with Gasteiger partial charge in [0.1, 0.15) is 5.75 Å². The molecule has 1 aromatic heterocycles. The first-order valence-corrected chi connectivity index (χ1v) is 16.3. The minimum absolute atomic E-state index is 0.159. The summed E-state index contributed by atoms with van der Waals surface area (Å²) < 4.78 is 9.28. The van der Waals surface area contributed by atoms with E-state index in [1.54, 1.807) is 0 Å². The molecule has 0 spiro atoms. The van der Waals surface area contributed by atoms with E-state index < -0.39 is 0 Å². The summed E-state index contributed by atoms with van der Waals surface area (Å²) in [6.45, 7) is 14.5. The number of hydrogen-bond acceptors (Lipinski definition) is 4. The van der Waals surface area contributed by atoms with E-state index in [2.05, 4.69) is 66.9 Å². The van der Waals surface area contributed by atoms with Crippen molar-refractivity contribution >= 4 is 39.2 Å². The summed E-state index contributed by atoms with van der Waals surface area (Å²) in [6, 6.07) is 13.7. The average Bonchev–Trinajstić information content (AvgIpc) is 3.22. The van der Waals surface area contributed by atoms with Gasteiger partial charge in [-0.25, -0.2) is 4.79 Å². The number of benzene rings is 2. The molecule has 0 saturated carbocycles. The highest BCUT2D eigenvalue weighted by Gasteiger charge is 2.17. The predicted octanol–water partition coefficient (Wildman–Crippen LogP) is 8.52. The molecule has 0 saturated heterocycles. The van der Waals surface area contributed by atoms with E-state index in [0.29, 0.717) is 41.9 Å². The number of ether oxygens (including phenoxy) is 1. The number of fused-ring (bicyclic) bond motifs is 1. The van der Waals surface area contributed by atoms with E-state index in [1.165, 1.54) is 43.9 Å². The highest BCUT2D eigenvalue weighted by molar-refractivity contribution is 7.16. The van der Waals surface area contributed by atoms with Gasteiger partial charge in [0.15, 0.2) is 4.80 Å². The molecule has 3 amide bonds. The number of aromatic nitrogens is 1. The molecule has 3 rings (SSSR count). The van der Waals surface area contributed by atoms with E-state index in [9.17, 15) is 9.59 Å². The summed E-state index contributed by atoms with van der Waals surface area (Å²) in [4.78, 5) is 30.0. The normalized spacial score (nSPS) is 12.9. The van der Waals surface area contributed by atoms with Crippen LogP contribution in [0, 0.1) is 11.3 Å². The number of nitrogens with one attached hydrogen (secondary N) is 2. The zero-order chi connectivity index (χ0) is 30.5. The van der Waals surface area contributed by atoms with E-state index >= 15 is 0 Å². The van der Waals surface area contributed by atoms with Crippen LogP contribution < -0.4 is 20.2 Å². The van der Waals surface area contributed by atoms with Gasteiger partial charge in [-0.05, 0) is 42.2 Å². The lowest BCUT2D eigenvalue weighted by Crippen LogP contribution is -2.25. The van der Waals surface area contributed by atoms with Crippen LogP contribution in [0.3, 0.4) is 0 Å². The molecule has 0 fully saturated rings. The van der Waals surface area contributed by atoms with Crippen LogP contribution in [0.5, 0.6) is 5.75 Å². The Balaban J connectivity index is 1.89. The molecule has 0 aliphatic carbocycles. The number of thiazole rings is 1. The molecule has 1 heterocycles. The van der Waals surface area contributed by atoms with Crippen molar-refractivity contribution < 1.29 is 14.3 Å². The predicted molar refractivity (Wildman–Crippen MR) is 175 cm³/mol. The summed E-state index contributed by atoms with van der Waals surface area (Å²) in [5, 5.41) is 5.90. The zero-order valence-electron chi connectivity index (χ0n) is 26.4. The molecule has 0 aliphatic rings. The third kappa shape index (κ3) is 11.3. The first-order chi connectivity index (χ1) is 20.1. The Morgan fingerprint density at radius 3 is 2.45 bits per heavy atom. The lowest BCUT2D eigenvalue weighted by molar-refractivity contribution is -0.114. The van der Waals surface area contributed by atoms with E-state index in [-0.39, 0.29) is 17.4 Å². The Bertz CT molecular complexity index is 1350. The monoisotopic (exact) mass is 594 g/mol. The lowest BCUT2D eigenvalue weighted by atomic mass is 9.84. The molecule has 1 atom stereocenters. The molecular weight excluding hydrogens is 544 g/mol. The Morgan fingerprint density at radius 2 is 1.76 bits per heavy atom. The number of rotatable bonds is 15. The third-order valence-electron chi connectivity index (χ3n) is 7.11. The maximum absolute atomic E-state index is 12.8. The van der Waals surface area contributed by atoms with Crippen LogP contribution in [-0.4, -0.2) is 29.7 Å². The highest BCUT2D eigenvalue weighted by Crippen LogP contribution is 2.33. The summed E-state index contributed by atoms with van der Waals surface area (Å²) in [5.74, 6) is 0.981. The van der Waals surface area contributed by atoms with Crippen LogP contribution in [0.25, 0.3) is 10.2 Å². The number of amides is 3. The van der Waals surface area contributed by atoms with Crippen molar-refractivity contribution in [1.82, 2.24) is 9.88 Å². The maximum Gasteiger partial charge on any atom is 0.343 e. The Kier molecular flexibility index (Phi) is 13.1. The van der Waals surface area contributed by atoms with Gasteiger partial charge in [0.05, 0.1) is 29.1 Å². The van der Waals surface area contributed by atoms with Crippen molar-refractivity contribution in [1.29, 1.82) is 0 Å². The van der Waals surface area contributed by atoms with Gasteiger partial charge >= 0.3 is 6.03 Å². The minimum Gasteiger partial charge on any atom is -0.491 e. The Labute approximate surface area is 255 Å². The van der Waals surface area contributed by atoms with Gasteiger partial charge in [-0.2, -0.15) is 4.99 Å². The molecule has 2 aromatic carbocycles. The van der Waals surface area contributed by atoms with Crippen molar-refractivity contribution in [2.24, 2.45) is 16.3 Å². The smallest absolute Gasteiger partial charge is 0.343 e. The van der Waals surface area contributed by atoms with E-state index in [0.717, 1.165) is 41.5 Å². The third-order valence-corrected chi connectivity index (χ3v) is 8.15. The largest absolute Gasteiger partial charge is 0.491 e. The van der Waals surface area contributed by atoms with Crippen molar-refractivity contribution in [2.45, 2.75) is 99.5 Å². The molecular formula is C34H50N4O3S. The van der Waals surface area contributed by atoms with Gasteiger partial charge in [0.25, 0.3) is 0 Å². The molecule has 0 aliphatic heterocycles. The first-order valence-electron chi connectivity index (χ1n) is 15.5. The number of carbonyl (C=O) groups excluding carboxylic acids is 2. The molecule has 8 heteroatoms. The van der Waals surface area contributed by atoms with Crippen LogP contribution in [0.2, 0.25) is 0 Å². The van der Waals surface area contributed by atoms with Crippen LogP contribution in [-0.2, 0) is 11.3 Å². The number of unbranched alkanes of at least 4 members (excludes halogenated alkanes) is 5. The van der Waals surface area contributed by atoms with Crippen LogP contribution in [0.15, 0.2) is 47.5 Å². The van der Waals surface area contributed by atoms with Crippen LogP contribution in [0.1, 0.15) is 98.5 Å². The highest BCUT2D eigenvalue weighted by atomic mass is 32.1. The van der Waals surface area contributed by atoms with Crippen molar-refractivity contribution in [3.63, 3.8) is 0 Å². The zero-order valence-corrected chi connectivity index (χ0v) is 27.2.